The van der Waals surface area contributed by atoms with E-state index < -0.39 is 0 Å². The van der Waals surface area contributed by atoms with Gasteiger partial charge in [-0.3, -0.25) is 14.0 Å². The molecule has 0 saturated heterocycles. The number of hydrogen-bond acceptors (Lipinski definition) is 7. The number of aromatic nitrogens is 5. The van der Waals surface area contributed by atoms with Gasteiger partial charge in [-0.25, -0.2) is 4.68 Å². The van der Waals surface area contributed by atoms with Gasteiger partial charge in [0.25, 0.3) is 5.56 Å². The van der Waals surface area contributed by atoms with E-state index in [9.17, 15) is 9.59 Å². The molecular weight excluding hydrogens is 404 g/mol. The summed E-state index contributed by atoms with van der Waals surface area (Å²) in [7, 11) is 0. The summed E-state index contributed by atoms with van der Waals surface area (Å²) in [6.45, 7) is -0.208. The molecule has 30 heavy (non-hydrogen) atoms. The Morgan fingerprint density at radius 1 is 1.20 bits per heavy atom. The highest BCUT2D eigenvalue weighted by Gasteiger charge is 2.21. The molecule has 0 bridgehead atoms. The quantitative estimate of drug-likeness (QED) is 0.462. The Hall–Kier alpha value is -3.40. The van der Waals surface area contributed by atoms with Gasteiger partial charge >= 0.3 is 0 Å². The molecule has 0 aliphatic carbocycles. The zero-order valence-corrected chi connectivity index (χ0v) is 17.1. The summed E-state index contributed by atoms with van der Waals surface area (Å²) in [5.41, 5.74) is 0.823. The van der Waals surface area contributed by atoms with E-state index in [1.165, 1.54) is 12.3 Å². The molecule has 0 spiro atoms. The molecule has 0 fully saturated rings. The van der Waals surface area contributed by atoms with Crippen LogP contribution in [0, 0.1) is 0 Å². The second-order valence-electron chi connectivity index (χ2n) is 6.58. The van der Waals surface area contributed by atoms with Crippen LogP contribution in [0.25, 0.3) is 17.1 Å². The number of amides is 1. The fourth-order valence-corrected chi connectivity index (χ4v) is 3.56. The van der Waals surface area contributed by atoms with E-state index in [1.807, 2.05) is 35.1 Å². The summed E-state index contributed by atoms with van der Waals surface area (Å²) in [6, 6.07) is 11.7. The summed E-state index contributed by atoms with van der Waals surface area (Å²) in [5, 5.41) is 15.7. The van der Waals surface area contributed by atoms with Crippen LogP contribution in [-0.4, -0.2) is 42.3 Å². The van der Waals surface area contributed by atoms with E-state index in [-0.39, 0.29) is 24.1 Å². The van der Waals surface area contributed by atoms with Gasteiger partial charge in [-0.05, 0) is 48.8 Å². The molecular formula is C20H20N6O3S. The summed E-state index contributed by atoms with van der Waals surface area (Å²) >= 11 is 1.68. The van der Waals surface area contributed by atoms with Crippen LogP contribution in [0.15, 0.2) is 64.1 Å². The molecule has 4 heterocycles. The normalized spacial score (nSPS) is 12.2. The molecule has 4 rings (SSSR count). The van der Waals surface area contributed by atoms with Crippen molar-refractivity contribution in [2.45, 2.75) is 19.0 Å². The van der Waals surface area contributed by atoms with Crippen LogP contribution in [0.5, 0.6) is 0 Å². The fourth-order valence-electron chi connectivity index (χ4n) is 3.09. The van der Waals surface area contributed by atoms with Gasteiger partial charge in [0.1, 0.15) is 12.2 Å². The smallest absolute Gasteiger partial charge is 0.267 e. The SMILES string of the molecule is CSCCC(NC(=O)Cn1nc(-c2ccco2)ccc1=O)c1nnc2ccccn12. The third-order valence-electron chi connectivity index (χ3n) is 4.53. The Morgan fingerprint density at radius 3 is 2.90 bits per heavy atom. The summed E-state index contributed by atoms with van der Waals surface area (Å²) in [6.07, 6.45) is 6.07. The number of nitrogens with one attached hydrogen (secondary N) is 1. The van der Waals surface area contributed by atoms with Crippen LogP contribution in [0.2, 0.25) is 0 Å². The van der Waals surface area contributed by atoms with Crippen LogP contribution >= 0.6 is 11.8 Å². The van der Waals surface area contributed by atoms with Gasteiger partial charge in [-0.2, -0.15) is 16.9 Å². The predicted molar refractivity (Wildman–Crippen MR) is 113 cm³/mol. The van der Waals surface area contributed by atoms with Crippen molar-refractivity contribution in [1.82, 2.24) is 29.7 Å². The molecule has 0 aliphatic heterocycles. The highest BCUT2D eigenvalue weighted by atomic mass is 32.2. The van der Waals surface area contributed by atoms with Crippen LogP contribution in [0.4, 0.5) is 0 Å². The largest absolute Gasteiger partial charge is 0.463 e. The number of rotatable bonds is 8. The lowest BCUT2D eigenvalue weighted by molar-refractivity contribution is -0.122. The molecule has 0 aliphatic rings. The number of furan rings is 1. The van der Waals surface area contributed by atoms with Crippen molar-refractivity contribution in [3.05, 3.63) is 71.1 Å². The molecule has 10 heteroatoms. The van der Waals surface area contributed by atoms with Crippen molar-refractivity contribution in [2.75, 3.05) is 12.0 Å². The molecule has 1 unspecified atom stereocenters. The van der Waals surface area contributed by atoms with Crippen molar-refractivity contribution >= 4 is 23.3 Å². The lowest BCUT2D eigenvalue weighted by Crippen LogP contribution is -2.36. The minimum Gasteiger partial charge on any atom is -0.463 e. The zero-order valence-electron chi connectivity index (χ0n) is 16.3. The third kappa shape index (κ3) is 4.28. The average molecular weight is 424 g/mol. The molecule has 1 amide bonds. The van der Waals surface area contributed by atoms with Gasteiger partial charge in [-0.1, -0.05) is 6.07 Å². The Morgan fingerprint density at radius 2 is 2.10 bits per heavy atom. The number of thioether (sulfide) groups is 1. The first kappa shape index (κ1) is 19.9. The van der Waals surface area contributed by atoms with E-state index in [0.29, 0.717) is 29.3 Å². The van der Waals surface area contributed by atoms with Gasteiger partial charge in [0.15, 0.2) is 17.2 Å². The van der Waals surface area contributed by atoms with E-state index >= 15 is 0 Å². The lowest BCUT2D eigenvalue weighted by Gasteiger charge is -2.17. The number of carbonyl (C=O) groups excluding carboxylic acids is 1. The van der Waals surface area contributed by atoms with Gasteiger partial charge in [-0.15, -0.1) is 10.2 Å². The monoisotopic (exact) mass is 424 g/mol. The van der Waals surface area contributed by atoms with Crippen LogP contribution in [0.1, 0.15) is 18.3 Å². The standard InChI is InChI=1S/C20H20N6O3S/c1-30-12-9-15(20-23-22-17-6-2-3-10-25(17)20)21-18(27)13-26-19(28)8-7-14(24-26)16-5-4-11-29-16/h2-8,10-11,15H,9,12-13H2,1H3,(H,21,27). The van der Waals surface area contributed by atoms with Crippen molar-refractivity contribution in [3.8, 4) is 11.5 Å². The molecule has 1 atom stereocenters. The van der Waals surface area contributed by atoms with E-state index in [2.05, 4.69) is 20.6 Å². The number of carbonyl (C=O) groups is 1. The predicted octanol–water partition coefficient (Wildman–Crippen LogP) is 2.16. The minimum atomic E-state index is -0.367. The molecule has 0 aromatic carbocycles. The molecule has 4 aromatic heterocycles. The lowest BCUT2D eigenvalue weighted by atomic mass is 10.2. The molecule has 154 valence electrons. The Balaban J connectivity index is 1.55. The van der Waals surface area contributed by atoms with Crippen molar-refractivity contribution < 1.29 is 9.21 Å². The van der Waals surface area contributed by atoms with Crippen molar-refractivity contribution in [3.63, 3.8) is 0 Å². The minimum absolute atomic E-state index is 0.208. The maximum Gasteiger partial charge on any atom is 0.267 e. The first-order valence-corrected chi connectivity index (χ1v) is 10.7. The topological polar surface area (TPSA) is 107 Å². The summed E-state index contributed by atoms with van der Waals surface area (Å²) in [5.74, 6) is 1.67. The number of fused-ring (bicyclic) bond motifs is 1. The molecule has 1 N–H and O–H groups in total. The third-order valence-corrected chi connectivity index (χ3v) is 5.18. The molecule has 4 aromatic rings. The Labute approximate surface area is 176 Å². The van der Waals surface area contributed by atoms with Gasteiger partial charge in [0.05, 0.1) is 12.3 Å². The Bertz CT molecular complexity index is 1200. The highest BCUT2D eigenvalue weighted by Crippen LogP contribution is 2.18. The average Bonchev–Trinajstić information content (AvgIpc) is 3.43. The number of pyridine rings is 1. The second kappa shape index (κ2) is 8.95. The van der Waals surface area contributed by atoms with Gasteiger partial charge in [0.2, 0.25) is 5.91 Å². The first-order valence-electron chi connectivity index (χ1n) is 9.35. The van der Waals surface area contributed by atoms with E-state index in [1.54, 1.807) is 30.0 Å². The molecule has 9 nitrogen and oxygen atoms in total. The number of nitrogens with zero attached hydrogens (tertiary/aromatic N) is 5. The molecule has 0 saturated carbocycles. The summed E-state index contributed by atoms with van der Waals surface area (Å²) in [4.78, 5) is 25.0. The number of hydrogen-bond donors (Lipinski definition) is 1. The van der Waals surface area contributed by atoms with E-state index in [4.69, 9.17) is 4.42 Å². The Kier molecular flexibility index (Phi) is 5.94. The molecule has 0 radical (unpaired) electrons. The summed E-state index contributed by atoms with van der Waals surface area (Å²) < 4.78 is 8.30. The van der Waals surface area contributed by atoms with Crippen LogP contribution in [-0.2, 0) is 11.3 Å². The van der Waals surface area contributed by atoms with Crippen molar-refractivity contribution in [2.24, 2.45) is 0 Å². The van der Waals surface area contributed by atoms with Gasteiger partial charge in [0, 0.05) is 12.3 Å². The highest BCUT2D eigenvalue weighted by molar-refractivity contribution is 7.98. The van der Waals surface area contributed by atoms with Crippen LogP contribution < -0.4 is 10.9 Å². The zero-order chi connectivity index (χ0) is 20.9. The maximum atomic E-state index is 12.8. The van der Waals surface area contributed by atoms with E-state index in [0.717, 1.165) is 10.4 Å². The second-order valence-corrected chi connectivity index (χ2v) is 7.57. The van der Waals surface area contributed by atoms with Crippen LogP contribution in [0.3, 0.4) is 0 Å². The van der Waals surface area contributed by atoms with Crippen molar-refractivity contribution in [1.29, 1.82) is 0 Å². The fraction of sp³-hybridized carbons (Fsp3) is 0.250. The maximum absolute atomic E-state index is 12.8. The first-order chi connectivity index (χ1) is 14.7. The van der Waals surface area contributed by atoms with Gasteiger partial charge < -0.3 is 9.73 Å².